The molecular formula is C8H4O2. The monoisotopic (exact) mass is 132 g/mol. The quantitative estimate of drug-likeness (QED) is 0.470. The molecule has 0 saturated carbocycles. The Hall–Kier alpha value is -1.44. The summed E-state index contributed by atoms with van der Waals surface area (Å²) in [5, 5.41) is 2.16. The fourth-order valence-corrected chi connectivity index (χ4v) is 1.31. The minimum atomic E-state index is 0.916. The molecule has 0 unspecified atom stereocenters. The van der Waals surface area contributed by atoms with Crippen molar-refractivity contribution in [1.29, 1.82) is 0 Å². The Bertz CT molecular complexity index is 421. The molecule has 0 spiro atoms. The first-order chi connectivity index (χ1) is 4.95. The summed E-state index contributed by atoms with van der Waals surface area (Å²) < 4.78 is 10.4. The highest BCUT2D eigenvalue weighted by molar-refractivity contribution is 6.06. The summed E-state index contributed by atoms with van der Waals surface area (Å²) in [5.41, 5.74) is 1.83. The van der Waals surface area contributed by atoms with Crippen LogP contribution in [0, 0.1) is 0 Å². The van der Waals surface area contributed by atoms with Gasteiger partial charge < -0.3 is 8.83 Å². The molecule has 2 nitrogen and oxygen atoms in total. The SMILES string of the molecule is c1cc2oc1c1cocc21. The Balaban J connectivity index is 2.88. The third-order valence-electron chi connectivity index (χ3n) is 1.80. The summed E-state index contributed by atoms with van der Waals surface area (Å²) in [4.78, 5) is 0. The number of benzene rings is 1. The molecule has 0 amide bonds. The van der Waals surface area contributed by atoms with Gasteiger partial charge in [-0.05, 0) is 12.1 Å². The maximum atomic E-state index is 5.34. The lowest BCUT2D eigenvalue weighted by Gasteiger charge is -1.72. The molecule has 0 N–H and O–H groups in total. The third kappa shape index (κ3) is 0.310. The zero-order chi connectivity index (χ0) is 6.55. The van der Waals surface area contributed by atoms with Crippen molar-refractivity contribution in [1.82, 2.24) is 0 Å². The van der Waals surface area contributed by atoms with E-state index in [9.17, 15) is 0 Å². The van der Waals surface area contributed by atoms with Crippen molar-refractivity contribution in [2.75, 3.05) is 0 Å². The molecule has 2 bridgehead atoms. The first-order valence-electron chi connectivity index (χ1n) is 3.12. The van der Waals surface area contributed by atoms with Gasteiger partial charge in [-0.2, -0.15) is 0 Å². The van der Waals surface area contributed by atoms with Gasteiger partial charge in [0.25, 0.3) is 0 Å². The van der Waals surface area contributed by atoms with E-state index in [0.29, 0.717) is 0 Å². The van der Waals surface area contributed by atoms with Crippen molar-refractivity contribution in [3.63, 3.8) is 0 Å². The molecule has 3 aromatic rings. The molecule has 3 aromatic heterocycles. The lowest BCUT2D eigenvalue weighted by Crippen LogP contribution is -1.54. The molecule has 0 aromatic carbocycles. The summed E-state index contributed by atoms with van der Waals surface area (Å²) >= 11 is 0. The average molecular weight is 132 g/mol. The number of hydrogen-bond donors (Lipinski definition) is 0. The van der Waals surface area contributed by atoms with E-state index in [0.717, 1.165) is 21.9 Å². The minimum Gasteiger partial charge on any atom is -0.471 e. The maximum absolute atomic E-state index is 5.34. The molecular weight excluding hydrogens is 128 g/mol. The number of fused-ring (bicyclic) bond motifs is 5. The van der Waals surface area contributed by atoms with E-state index in [1.165, 1.54) is 0 Å². The second-order valence-corrected chi connectivity index (χ2v) is 2.36. The Morgan fingerprint density at radius 3 is 2.10 bits per heavy atom. The standard InChI is InChI=1S/C8H4O2/c1-2-8-6-4-9-3-5(6)7(1)10-8/h1-4H. The first kappa shape index (κ1) is 4.39. The third-order valence-corrected chi connectivity index (χ3v) is 1.80. The van der Waals surface area contributed by atoms with Gasteiger partial charge in [0.15, 0.2) is 0 Å². The van der Waals surface area contributed by atoms with E-state index in [1.807, 2.05) is 12.1 Å². The highest BCUT2D eigenvalue weighted by Crippen LogP contribution is 2.31. The second-order valence-electron chi connectivity index (χ2n) is 2.36. The van der Waals surface area contributed by atoms with Crippen LogP contribution in [0.4, 0.5) is 0 Å². The van der Waals surface area contributed by atoms with E-state index < -0.39 is 0 Å². The Morgan fingerprint density at radius 2 is 1.50 bits per heavy atom. The minimum absolute atomic E-state index is 0.916. The Kier molecular flexibility index (Phi) is 0.520. The summed E-state index contributed by atoms with van der Waals surface area (Å²) in [7, 11) is 0. The van der Waals surface area contributed by atoms with Crippen LogP contribution in [0.3, 0.4) is 0 Å². The van der Waals surface area contributed by atoms with Crippen LogP contribution in [0.1, 0.15) is 0 Å². The van der Waals surface area contributed by atoms with E-state index in [4.69, 9.17) is 8.83 Å². The number of rotatable bonds is 0. The lowest BCUT2D eigenvalue weighted by atomic mass is 10.2. The van der Waals surface area contributed by atoms with Gasteiger partial charge in [-0.1, -0.05) is 0 Å². The summed E-state index contributed by atoms with van der Waals surface area (Å²) in [5.74, 6) is 0. The van der Waals surface area contributed by atoms with Crippen molar-refractivity contribution in [3.05, 3.63) is 24.7 Å². The van der Waals surface area contributed by atoms with Crippen LogP contribution >= 0.6 is 0 Å². The molecule has 3 heterocycles. The molecule has 0 saturated heterocycles. The fraction of sp³-hybridized carbons (Fsp3) is 0. The average Bonchev–Trinajstić information content (AvgIpc) is 2.60. The lowest BCUT2D eigenvalue weighted by molar-refractivity contribution is 0.570. The predicted octanol–water partition coefficient (Wildman–Crippen LogP) is 2.62. The van der Waals surface area contributed by atoms with Gasteiger partial charge in [0.2, 0.25) is 0 Å². The van der Waals surface area contributed by atoms with Crippen LogP contribution in [0.25, 0.3) is 21.9 Å². The van der Waals surface area contributed by atoms with Crippen LogP contribution in [-0.2, 0) is 0 Å². The van der Waals surface area contributed by atoms with Crippen LogP contribution in [0.15, 0.2) is 33.5 Å². The van der Waals surface area contributed by atoms with E-state index in [-0.39, 0.29) is 0 Å². The van der Waals surface area contributed by atoms with E-state index in [1.54, 1.807) is 12.5 Å². The summed E-state index contributed by atoms with van der Waals surface area (Å²) in [6, 6.07) is 3.90. The molecule has 3 rings (SSSR count). The largest absolute Gasteiger partial charge is 0.471 e. The van der Waals surface area contributed by atoms with Gasteiger partial charge in [0, 0.05) is 0 Å². The first-order valence-corrected chi connectivity index (χ1v) is 3.12. The van der Waals surface area contributed by atoms with Crippen molar-refractivity contribution < 1.29 is 8.83 Å². The molecule has 10 heavy (non-hydrogen) atoms. The van der Waals surface area contributed by atoms with Crippen molar-refractivity contribution >= 4 is 21.9 Å². The van der Waals surface area contributed by atoms with Gasteiger partial charge in [0.05, 0.1) is 10.8 Å². The Labute approximate surface area is 56.4 Å². The molecule has 0 aliphatic rings. The van der Waals surface area contributed by atoms with Crippen molar-refractivity contribution in [2.45, 2.75) is 0 Å². The molecule has 0 radical (unpaired) electrons. The van der Waals surface area contributed by atoms with Gasteiger partial charge in [-0.15, -0.1) is 0 Å². The zero-order valence-corrected chi connectivity index (χ0v) is 5.13. The predicted molar refractivity (Wildman–Crippen MR) is 37.2 cm³/mol. The van der Waals surface area contributed by atoms with Crippen molar-refractivity contribution in [2.24, 2.45) is 0 Å². The summed E-state index contributed by atoms with van der Waals surface area (Å²) in [6.45, 7) is 0. The van der Waals surface area contributed by atoms with Gasteiger partial charge in [-0.25, -0.2) is 0 Å². The maximum Gasteiger partial charge on any atom is 0.138 e. The van der Waals surface area contributed by atoms with Crippen molar-refractivity contribution in [3.8, 4) is 0 Å². The smallest absolute Gasteiger partial charge is 0.138 e. The van der Waals surface area contributed by atoms with Gasteiger partial charge in [-0.3, -0.25) is 0 Å². The molecule has 48 valence electrons. The fourth-order valence-electron chi connectivity index (χ4n) is 1.31. The molecule has 0 aliphatic carbocycles. The summed E-state index contributed by atoms with van der Waals surface area (Å²) in [6.07, 6.45) is 3.42. The second kappa shape index (κ2) is 1.19. The van der Waals surface area contributed by atoms with Crippen LogP contribution in [0.5, 0.6) is 0 Å². The topological polar surface area (TPSA) is 26.3 Å². The Morgan fingerprint density at radius 1 is 0.900 bits per heavy atom. The number of furan rings is 3. The molecule has 0 atom stereocenters. The van der Waals surface area contributed by atoms with Gasteiger partial charge >= 0.3 is 0 Å². The molecule has 0 aliphatic heterocycles. The van der Waals surface area contributed by atoms with Gasteiger partial charge in [0.1, 0.15) is 23.7 Å². The van der Waals surface area contributed by atoms with Crippen LogP contribution in [-0.4, -0.2) is 0 Å². The highest BCUT2D eigenvalue weighted by Gasteiger charge is 2.09. The van der Waals surface area contributed by atoms with E-state index >= 15 is 0 Å². The zero-order valence-electron chi connectivity index (χ0n) is 5.13. The highest BCUT2D eigenvalue weighted by atomic mass is 16.3. The van der Waals surface area contributed by atoms with E-state index in [2.05, 4.69) is 0 Å². The van der Waals surface area contributed by atoms with Crippen LogP contribution < -0.4 is 0 Å². The molecule has 2 heteroatoms. The molecule has 0 fully saturated rings. The number of hydrogen-bond acceptors (Lipinski definition) is 2. The normalized spacial score (nSPS) is 12.0. The van der Waals surface area contributed by atoms with Crippen LogP contribution in [0.2, 0.25) is 0 Å².